The molecule has 2 rings (SSSR count). The molecule has 1 aromatic heterocycles. The van der Waals surface area contributed by atoms with Gasteiger partial charge in [0.15, 0.2) is 0 Å². The van der Waals surface area contributed by atoms with Crippen molar-refractivity contribution in [1.29, 1.82) is 0 Å². The van der Waals surface area contributed by atoms with E-state index >= 15 is 0 Å². The molecule has 1 aromatic rings. The minimum absolute atomic E-state index is 0.509. The van der Waals surface area contributed by atoms with Crippen molar-refractivity contribution < 1.29 is 0 Å². The van der Waals surface area contributed by atoms with Crippen LogP contribution in [0.25, 0.3) is 0 Å². The summed E-state index contributed by atoms with van der Waals surface area (Å²) < 4.78 is 2.99. The highest BCUT2D eigenvalue weighted by Crippen LogP contribution is 2.27. The molecule has 1 aliphatic carbocycles. The molecule has 0 amide bonds. The van der Waals surface area contributed by atoms with E-state index in [9.17, 15) is 0 Å². The minimum Gasteiger partial charge on any atom is -0.267 e. The smallest absolute Gasteiger partial charge is 0.0525 e. The molecule has 2 nitrogen and oxygen atoms in total. The van der Waals surface area contributed by atoms with Crippen molar-refractivity contribution in [3.05, 3.63) is 17.5 Å². The maximum atomic E-state index is 4.45. The van der Waals surface area contributed by atoms with Crippen LogP contribution in [-0.4, -0.2) is 13.7 Å². The summed E-state index contributed by atoms with van der Waals surface area (Å²) in [5.41, 5.74) is 2.95. The van der Waals surface area contributed by atoms with E-state index in [1.165, 1.54) is 30.5 Å². The number of aromatic nitrogens is 2. The van der Waals surface area contributed by atoms with Gasteiger partial charge in [0.25, 0.3) is 0 Å². The summed E-state index contributed by atoms with van der Waals surface area (Å²) in [6.07, 6.45) is 5.79. The summed E-state index contributed by atoms with van der Waals surface area (Å²) in [6.45, 7) is 4.40. The van der Waals surface area contributed by atoms with Crippen LogP contribution in [0.4, 0.5) is 0 Å². The average molecular weight is 290 g/mol. The van der Waals surface area contributed by atoms with Crippen molar-refractivity contribution in [3.8, 4) is 0 Å². The van der Waals surface area contributed by atoms with E-state index in [0.29, 0.717) is 6.04 Å². The fourth-order valence-corrected chi connectivity index (χ4v) is 2.73. The highest BCUT2D eigenvalue weighted by Gasteiger charge is 2.20. The summed E-state index contributed by atoms with van der Waals surface area (Å²) >= 11 is 2.54. The fourth-order valence-electron chi connectivity index (χ4n) is 1.95. The standard InChI is InChI=1S/C10H15IN2/c1-7(2)13-10-4-3-9(11)5-8(10)6-12-13/h6-7,9H,3-5H2,1-2H3. The van der Waals surface area contributed by atoms with Gasteiger partial charge in [0.05, 0.1) is 6.20 Å². The van der Waals surface area contributed by atoms with Crippen LogP contribution in [0.1, 0.15) is 37.6 Å². The molecule has 1 unspecified atom stereocenters. The number of nitrogens with zero attached hydrogens (tertiary/aromatic N) is 2. The van der Waals surface area contributed by atoms with Crippen LogP contribution in [0.15, 0.2) is 6.20 Å². The van der Waals surface area contributed by atoms with Crippen LogP contribution in [0.2, 0.25) is 0 Å². The Morgan fingerprint density at radius 3 is 3.08 bits per heavy atom. The first kappa shape index (κ1) is 9.49. The number of rotatable bonds is 1. The van der Waals surface area contributed by atoms with Crippen LogP contribution >= 0.6 is 22.6 Å². The first-order chi connectivity index (χ1) is 6.18. The Balaban J connectivity index is 2.33. The van der Waals surface area contributed by atoms with Crippen LogP contribution in [0.3, 0.4) is 0 Å². The summed E-state index contributed by atoms with van der Waals surface area (Å²) in [5.74, 6) is 0. The van der Waals surface area contributed by atoms with Crippen LogP contribution in [0.5, 0.6) is 0 Å². The van der Waals surface area contributed by atoms with Gasteiger partial charge in [-0.3, -0.25) is 4.68 Å². The molecule has 1 heterocycles. The number of hydrogen-bond acceptors (Lipinski definition) is 1. The van der Waals surface area contributed by atoms with Gasteiger partial charge in [-0.1, -0.05) is 22.6 Å². The third-order valence-corrected chi connectivity index (χ3v) is 3.67. The molecule has 0 saturated carbocycles. The lowest BCUT2D eigenvalue weighted by molar-refractivity contribution is 0.498. The Hall–Kier alpha value is -0.0600. The predicted molar refractivity (Wildman–Crippen MR) is 62.4 cm³/mol. The van der Waals surface area contributed by atoms with Crippen molar-refractivity contribution in [2.75, 3.05) is 0 Å². The lowest BCUT2D eigenvalue weighted by Crippen LogP contribution is -2.16. The quantitative estimate of drug-likeness (QED) is 0.574. The molecular weight excluding hydrogens is 275 g/mol. The minimum atomic E-state index is 0.509. The van der Waals surface area contributed by atoms with Crippen molar-refractivity contribution in [3.63, 3.8) is 0 Å². The molecule has 0 N–H and O–H groups in total. The maximum absolute atomic E-state index is 4.45. The second-order valence-electron chi connectivity index (χ2n) is 3.99. The topological polar surface area (TPSA) is 17.8 Å². The van der Waals surface area contributed by atoms with E-state index in [1.54, 1.807) is 0 Å². The van der Waals surface area contributed by atoms with Gasteiger partial charge >= 0.3 is 0 Å². The monoisotopic (exact) mass is 290 g/mol. The zero-order valence-corrected chi connectivity index (χ0v) is 10.3. The van der Waals surface area contributed by atoms with E-state index in [4.69, 9.17) is 0 Å². The summed E-state index contributed by atoms with van der Waals surface area (Å²) in [5, 5.41) is 4.45. The highest BCUT2D eigenvalue weighted by atomic mass is 127. The first-order valence-corrected chi connectivity index (χ1v) is 6.12. The first-order valence-electron chi connectivity index (χ1n) is 4.88. The van der Waals surface area contributed by atoms with Crippen molar-refractivity contribution in [1.82, 2.24) is 9.78 Å². The Morgan fingerprint density at radius 2 is 2.38 bits per heavy atom. The normalized spacial score (nSPS) is 22.0. The molecule has 1 atom stereocenters. The second kappa shape index (κ2) is 3.59. The molecule has 0 radical (unpaired) electrons. The third-order valence-electron chi connectivity index (χ3n) is 2.61. The van der Waals surface area contributed by atoms with Crippen molar-refractivity contribution in [2.24, 2.45) is 0 Å². The molecule has 0 saturated heterocycles. The summed E-state index contributed by atoms with van der Waals surface area (Å²) in [4.78, 5) is 0. The van der Waals surface area contributed by atoms with Gasteiger partial charge in [-0.25, -0.2) is 0 Å². The Kier molecular flexibility index (Phi) is 2.62. The van der Waals surface area contributed by atoms with E-state index in [1.807, 2.05) is 0 Å². The predicted octanol–water partition coefficient (Wildman–Crippen LogP) is 2.76. The fraction of sp³-hybridized carbons (Fsp3) is 0.700. The van der Waals surface area contributed by atoms with Crippen LogP contribution in [0, 0.1) is 0 Å². The SMILES string of the molecule is CC(C)n1ncc2c1CCC(I)C2. The summed E-state index contributed by atoms with van der Waals surface area (Å²) in [7, 11) is 0. The molecule has 0 aromatic carbocycles. The number of alkyl halides is 1. The van der Waals surface area contributed by atoms with Gasteiger partial charge in [0, 0.05) is 15.7 Å². The number of halogens is 1. The second-order valence-corrected chi connectivity index (χ2v) is 5.76. The van der Waals surface area contributed by atoms with Crippen LogP contribution in [-0.2, 0) is 12.8 Å². The van der Waals surface area contributed by atoms with E-state index in [2.05, 4.69) is 52.4 Å². The molecule has 72 valence electrons. The van der Waals surface area contributed by atoms with Gasteiger partial charge in [-0.2, -0.15) is 5.10 Å². The lowest BCUT2D eigenvalue weighted by Gasteiger charge is -2.19. The Morgan fingerprint density at radius 1 is 1.62 bits per heavy atom. The zero-order valence-electron chi connectivity index (χ0n) is 8.13. The molecular formula is C10H15IN2. The van der Waals surface area contributed by atoms with Crippen molar-refractivity contribution >= 4 is 22.6 Å². The molecule has 1 aliphatic rings. The van der Waals surface area contributed by atoms with Gasteiger partial charge in [-0.15, -0.1) is 0 Å². The molecule has 3 heteroatoms. The molecule has 13 heavy (non-hydrogen) atoms. The van der Waals surface area contributed by atoms with Crippen LogP contribution < -0.4 is 0 Å². The largest absolute Gasteiger partial charge is 0.267 e. The average Bonchev–Trinajstić information content (AvgIpc) is 2.46. The van der Waals surface area contributed by atoms with E-state index in [0.717, 1.165) is 3.92 Å². The zero-order chi connectivity index (χ0) is 9.42. The van der Waals surface area contributed by atoms with E-state index in [-0.39, 0.29) is 0 Å². The maximum Gasteiger partial charge on any atom is 0.0525 e. The molecule has 0 fully saturated rings. The molecule has 0 aliphatic heterocycles. The van der Waals surface area contributed by atoms with Gasteiger partial charge < -0.3 is 0 Å². The Bertz CT molecular complexity index is 304. The number of fused-ring (bicyclic) bond motifs is 1. The van der Waals surface area contributed by atoms with Gasteiger partial charge in [-0.05, 0) is 38.7 Å². The van der Waals surface area contributed by atoms with Gasteiger partial charge in [0.2, 0.25) is 0 Å². The number of hydrogen-bond donors (Lipinski definition) is 0. The molecule has 0 bridgehead atoms. The van der Waals surface area contributed by atoms with Crippen molar-refractivity contribution in [2.45, 2.75) is 43.1 Å². The third kappa shape index (κ3) is 1.75. The highest BCUT2D eigenvalue weighted by molar-refractivity contribution is 14.1. The van der Waals surface area contributed by atoms with E-state index < -0.39 is 0 Å². The molecule has 0 spiro atoms. The summed E-state index contributed by atoms with van der Waals surface area (Å²) in [6, 6.07) is 0.509. The van der Waals surface area contributed by atoms with Gasteiger partial charge in [0.1, 0.15) is 0 Å². The lowest BCUT2D eigenvalue weighted by atomic mass is 9.98. The Labute approximate surface area is 92.8 Å².